The van der Waals surface area contributed by atoms with Crippen molar-refractivity contribution in [1.29, 1.82) is 0 Å². The van der Waals surface area contributed by atoms with Crippen LogP contribution in [-0.4, -0.2) is 12.8 Å². The highest BCUT2D eigenvalue weighted by molar-refractivity contribution is 6.10. The van der Waals surface area contributed by atoms with Gasteiger partial charge in [-0.3, -0.25) is 4.79 Å². The molecule has 0 aliphatic rings. The van der Waals surface area contributed by atoms with Gasteiger partial charge in [-0.2, -0.15) is 0 Å². The number of rotatable bonds is 4. The lowest BCUT2D eigenvalue weighted by atomic mass is 9.93. The van der Waals surface area contributed by atoms with Gasteiger partial charge in [0.25, 0.3) is 0 Å². The van der Waals surface area contributed by atoms with E-state index in [4.69, 9.17) is 0 Å². The normalized spacial score (nSPS) is 10.6. The molecule has 0 fully saturated rings. The van der Waals surface area contributed by atoms with Gasteiger partial charge >= 0.3 is 0 Å². The summed E-state index contributed by atoms with van der Waals surface area (Å²) in [5.74, 6) is 0.101. The molecular weight excluding hydrogens is 246 g/mol. The minimum Gasteiger partial charge on any atom is -0.316 e. The van der Waals surface area contributed by atoms with E-state index in [1.807, 2.05) is 50.4 Å². The quantitative estimate of drug-likeness (QED) is 0.858. The van der Waals surface area contributed by atoms with Gasteiger partial charge in [0.2, 0.25) is 0 Å². The molecule has 0 aliphatic heterocycles. The van der Waals surface area contributed by atoms with Gasteiger partial charge in [-0.15, -0.1) is 0 Å². The molecule has 0 radical (unpaired) electrons. The maximum absolute atomic E-state index is 12.7. The van der Waals surface area contributed by atoms with Crippen LogP contribution in [0.2, 0.25) is 0 Å². The van der Waals surface area contributed by atoms with Crippen LogP contribution >= 0.6 is 0 Å². The molecule has 0 saturated heterocycles. The molecule has 0 amide bonds. The third-order valence-corrected chi connectivity index (χ3v) is 3.87. The fraction of sp³-hybridized carbons (Fsp3) is 0.278. The van der Waals surface area contributed by atoms with Gasteiger partial charge < -0.3 is 5.32 Å². The third-order valence-electron chi connectivity index (χ3n) is 3.87. The molecular formula is C18H21NO. The first-order valence-electron chi connectivity index (χ1n) is 6.89. The summed E-state index contributed by atoms with van der Waals surface area (Å²) in [6, 6.07) is 11.8. The van der Waals surface area contributed by atoms with Crippen LogP contribution in [0.25, 0.3) is 0 Å². The minimum absolute atomic E-state index is 0.101. The Morgan fingerprint density at radius 1 is 1.05 bits per heavy atom. The van der Waals surface area contributed by atoms with Crippen molar-refractivity contribution in [1.82, 2.24) is 5.32 Å². The van der Waals surface area contributed by atoms with Gasteiger partial charge in [0, 0.05) is 17.7 Å². The summed E-state index contributed by atoms with van der Waals surface area (Å²) in [6.07, 6.45) is 0. The van der Waals surface area contributed by atoms with Crippen LogP contribution in [0.3, 0.4) is 0 Å². The lowest BCUT2D eigenvalue weighted by Gasteiger charge is -2.11. The number of nitrogens with one attached hydrogen (secondary N) is 1. The van der Waals surface area contributed by atoms with E-state index >= 15 is 0 Å². The molecule has 2 nitrogen and oxygen atoms in total. The van der Waals surface area contributed by atoms with Crippen molar-refractivity contribution in [3.8, 4) is 0 Å². The Morgan fingerprint density at radius 3 is 2.50 bits per heavy atom. The second-order valence-corrected chi connectivity index (χ2v) is 5.24. The summed E-state index contributed by atoms with van der Waals surface area (Å²) >= 11 is 0. The standard InChI is InChI=1S/C18H21NO/c1-12-8-9-17(14(3)13(12)2)18(20)16-7-5-6-15(10-16)11-19-4/h5-10,19H,11H2,1-4H3. The minimum atomic E-state index is 0.101. The Morgan fingerprint density at radius 2 is 1.80 bits per heavy atom. The Kier molecular flexibility index (Phi) is 4.35. The second-order valence-electron chi connectivity index (χ2n) is 5.24. The highest BCUT2D eigenvalue weighted by Crippen LogP contribution is 2.20. The zero-order chi connectivity index (χ0) is 14.7. The molecule has 0 aliphatic carbocycles. The van der Waals surface area contributed by atoms with Crippen molar-refractivity contribution in [3.63, 3.8) is 0 Å². The molecule has 1 N–H and O–H groups in total. The van der Waals surface area contributed by atoms with Gasteiger partial charge in [-0.05, 0) is 56.1 Å². The second kappa shape index (κ2) is 6.02. The molecule has 2 aromatic carbocycles. The van der Waals surface area contributed by atoms with Crippen molar-refractivity contribution in [2.24, 2.45) is 0 Å². The van der Waals surface area contributed by atoms with Gasteiger partial charge in [0.05, 0.1) is 0 Å². The lowest BCUT2D eigenvalue weighted by molar-refractivity contribution is 0.103. The molecule has 0 heterocycles. The van der Waals surface area contributed by atoms with Crippen LogP contribution in [0.1, 0.15) is 38.2 Å². The summed E-state index contributed by atoms with van der Waals surface area (Å²) < 4.78 is 0. The van der Waals surface area contributed by atoms with Gasteiger partial charge in [0.15, 0.2) is 5.78 Å². The van der Waals surface area contributed by atoms with E-state index in [9.17, 15) is 4.79 Å². The van der Waals surface area contributed by atoms with E-state index in [1.165, 1.54) is 11.1 Å². The number of aryl methyl sites for hydroxylation is 1. The Hall–Kier alpha value is -1.93. The molecule has 0 spiro atoms. The number of benzene rings is 2. The monoisotopic (exact) mass is 267 g/mol. The first kappa shape index (κ1) is 14.5. The molecule has 0 bridgehead atoms. The largest absolute Gasteiger partial charge is 0.316 e. The van der Waals surface area contributed by atoms with E-state index in [-0.39, 0.29) is 5.78 Å². The van der Waals surface area contributed by atoms with Crippen LogP contribution in [0.15, 0.2) is 36.4 Å². The summed E-state index contributed by atoms with van der Waals surface area (Å²) in [5.41, 5.74) is 6.18. The van der Waals surface area contributed by atoms with Crippen LogP contribution in [-0.2, 0) is 6.54 Å². The van der Waals surface area contributed by atoms with Crippen molar-refractivity contribution < 1.29 is 4.79 Å². The van der Waals surface area contributed by atoms with Gasteiger partial charge in [0.1, 0.15) is 0 Å². The highest BCUT2D eigenvalue weighted by Gasteiger charge is 2.14. The number of hydrogen-bond donors (Lipinski definition) is 1. The highest BCUT2D eigenvalue weighted by atomic mass is 16.1. The maximum Gasteiger partial charge on any atom is 0.193 e. The Bertz CT molecular complexity index is 644. The summed E-state index contributed by atoms with van der Waals surface area (Å²) in [4.78, 5) is 12.7. The van der Waals surface area contributed by atoms with Crippen molar-refractivity contribution in [3.05, 3.63) is 69.8 Å². The van der Waals surface area contributed by atoms with Crippen LogP contribution in [0, 0.1) is 20.8 Å². The predicted octanol–water partition coefficient (Wildman–Crippen LogP) is 3.56. The SMILES string of the molecule is CNCc1cccc(C(=O)c2ccc(C)c(C)c2C)c1. The van der Waals surface area contributed by atoms with E-state index < -0.39 is 0 Å². The van der Waals surface area contributed by atoms with Crippen molar-refractivity contribution in [2.45, 2.75) is 27.3 Å². The summed E-state index contributed by atoms with van der Waals surface area (Å²) in [5, 5.41) is 3.11. The third kappa shape index (κ3) is 2.81. The number of ketones is 1. The van der Waals surface area contributed by atoms with E-state index in [0.717, 1.165) is 28.8 Å². The molecule has 0 aromatic heterocycles. The fourth-order valence-corrected chi connectivity index (χ4v) is 2.38. The number of hydrogen-bond acceptors (Lipinski definition) is 2. The van der Waals surface area contributed by atoms with Crippen molar-refractivity contribution >= 4 is 5.78 Å². The molecule has 0 atom stereocenters. The number of carbonyl (C=O) groups is 1. The molecule has 2 heteroatoms. The van der Waals surface area contributed by atoms with E-state index in [0.29, 0.717) is 0 Å². The summed E-state index contributed by atoms with van der Waals surface area (Å²) in [7, 11) is 1.90. The fourth-order valence-electron chi connectivity index (χ4n) is 2.38. The van der Waals surface area contributed by atoms with E-state index in [1.54, 1.807) is 0 Å². The Balaban J connectivity index is 2.41. The van der Waals surface area contributed by atoms with Crippen LogP contribution in [0.4, 0.5) is 0 Å². The summed E-state index contributed by atoms with van der Waals surface area (Å²) in [6.45, 7) is 6.93. The molecule has 2 rings (SSSR count). The zero-order valence-electron chi connectivity index (χ0n) is 12.6. The zero-order valence-corrected chi connectivity index (χ0v) is 12.6. The molecule has 0 saturated carbocycles. The first-order chi connectivity index (χ1) is 9.54. The lowest BCUT2D eigenvalue weighted by Crippen LogP contribution is -2.08. The van der Waals surface area contributed by atoms with Gasteiger partial charge in [-0.1, -0.05) is 30.3 Å². The smallest absolute Gasteiger partial charge is 0.193 e. The van der Waals surface area contributed by atoms with Crippen LogP contribution < -0.4 is 5.32 Å². The maximum atomic E-state index is 12.7. The Labute approximate surface area is 120 Å². The first-order valence-corrected chi connectivity index (χ1v) is 6.89. The van der Waals surface area contributed by atoms with E-state index in [2.05, 4.69) is 19.2 Å². The topological polar surface area (TPSA) is 29.1 Å². The predicted molar refractivity (Wildman–Crippen MR) is 83.3 cm³/mol. The average molecular weight is 267 g/mol. The average Bonchev–Trinajstić information content (AvgIpc) is 2.45. The molecule has 20 heavy (non-hydrogen) atoms. The molecule has 104 valence electrons. The van der Waals surface area contributed by atoms with Gasteiger partial charge in [-0.25, -0.2) is 0 Å². The van der Waals surface area contributed by atoms with Crippen molar-refractivity contribution in [2.75, 3.05) is 7.05 Å². The van der Waals surface area contributed by atoms with Crippen LogP contribution in [0.5, 0.6) is 0 Å². The number of carbonyl (C=O) groups excluding carboxylic acids is 1. The molecule has 0 unspecified atom stereocenters. The molecule has 2 aromatic rings.